The first-order chi connectivity index (χ1) is 16.7. The van der Waals surface area contributed by atoms with Gasteiger partial charge in [0.05, 0.1) is 30.2 Å². The minimum absolute atomic E-state index is 0.0209. The van der Waals surface area contributed by atoms with E-state index in [0.29, 0.717) is 6.10 Å². The van der Waals surface area contributed by atoms with Crippen LogP contribution in [0.15, 0.2) is 72.8 Å². The van der Waals surface area contributed by atoms with E-state index in [9.17, 15) is 0 Å². The molecule has 2 aliphatic rings. The lowest BCUT2D eigenvalue weighted by Crippen LogP contribution is -2.34. The number of hydrogen-bond acceptors (Lipinski definition) is 4. The van der Waals surface area contributed by atoms with E-state index in [1.165, 1.54) is 22.2 Å². The van der Waals surface area contributed by atoms with Crippen LogP contribution in [0.2, 0.25) is 0 Å². The SMILES string of the molecule is CC(Oc1ccc2c(c1)CN(Cc1nc3ccccc3n1C[C@@H]1CCO1)CC2)c1ccccc1. The van der Waals surface area contributed by atoms with Crippen molar-refractivity contribution in [3.8, 4) is 5.75 Å². The molecule has 0 bridgehead atoms. The van der Waals surface area contributed by atoms with E-state index in [-0.39, 0.29) is 6.10 Å². The quantitative estimate of drug-likeness (QED) is 0.369. The zero-order valence-electron chi connectivity index (χ0n) is 19.7. The number of aromatic nitrogens is 2. The summed E-state index contributed by atoms with van der Waals surface area (Å²) in [7, 11) is 0. The second kappa shape index (κ2) is 9.24. The average Bonchev–Trinajstić information content (AvgIpc) is 3.18. The molecule has 34 heavy (non-hydrogen) atoms. The van der Waals surface area contributed by atoms with Crippen molar-refractivity contribution in [3.05, 3.63) is 95.3 Å². The Bertz CT molecular complexity index is 1280. The lowest BCUT2D eigenvalue weighted by Gasteiger charge is -2.30. The van der Waals surface area contributed by atoms with Crippen molar-refractivity contribution in [2.45, 2.75) is 51.6 Å². The monoisotopic (exact) mass is 453 g/mol. The first kappa shape index (κ1) is 21.4. The third kappa shape index (κ3) is 4.33. The van der Waals surface area contributed by atoms with Gasteiger partial charge in [-0.25, -0.2) is 4.98 Å². The van der Waals surface area contributed by atoms with Gasteiger partial charge in [0, 0.05) is 19.7 Å². The van der Waals surface area contributed by atoms with Crippen molar-refractivity contribution in [2.24, 2.45) is 0 Å². The molecule has 3 heterocycles. The number of fused-ring (bicyclic) bond motifs is 2. The third-order valence-electron chi connectivity index (χ3n) is 7.13. The summed E-state index contributed by atoms with van der Waals surface area (Å²) in [6, 6.07) is 25.4. The Morgan fingerprint density at radius 2 is 1.85 bits per heavy atom. The van der Waals surface area contributed by atoms with E-state index in [2.05, 4.69) is 83.1 Å². The molecule has 1 aromatic heterocycles. The number of ether oxygens (including phenoxy) is 2. The van der Waals surface area contributed by atoms with E-state index in [1.54, 1.807) is 0 Å². The smallest absolute Gasteiger partial charge is 0.124 e. The number of imidazole rings is 1. The Balaban J connectivity index is 1.20. The molecule has 3 aromatic carbocycles. The van der Waals surface area contributed by atoms with Gasteiger partial charge in [-0.05, 0) is 60.7 Å². The summed E-state index contributed by atoms with van der Waals surface area (Å²) < 4.78 is 14.4. The molecule has 0 N–H and O–H groups in total. The molecule has 1 unspecified atom stereocenters. The fraction of sp³-hybridized carbons (Fsp3) is 0.345. The van der Waals surface area contributed by atoms with Crippen LogP contribution in [0.5, 0.6) is 5.75 Å². The first-order valence-electron chi connectivity index (χ1n) is 12.3. The van der Waals surface area contributed by atoms with E-state index < -0.39 is 0 Å². The molecule has 0 amide bonds. The molecule has 5 heteroatoms. The van der Waals surface area contributed by atoms with Crippen molar-refractivity contribution < 1.29 is 9.47 Å². The maximum absolute atomic E-state index is 6.29. The topological polar surface area (TPSA) is 39.5 Å². The minimum Gasteiger partial charge on any atom is -0.486 e. The highest BCUT2D eigenvalue weighted by atomic mass is 16.5. The van der Waals surface area contributed by atoms with Crippen LogP contribution in [0, 0.1) is 0 Å². The van der Waals surface area contributed by atoms with Crippen LogP contribution in [0.1, 0.15) is 42.0 Å². The molecular formula is C29H31N3O2. The van der Waals surface area contributed by atoms with Gasteiger partial charge in [-0.1, -0.05) is 48.5 Å². The summed E-state index contributed by atoms with van der Waals surface area (Å²) in [5.74, 6) is 2.07. The van der Waals surface area contributed by atoms with E-state index in [0.717, 1.165) is 62.7 Å². The Kier molecular flexibility index (Phi) is 5.81. The highest BCUT2D eigenvalue weighted by Gasteiger charge is 2.24. The van der Waals surface area contributed by atoms with Crippen molar-refractivity contribution in [3.63, 3.8) is 0 Å². The fourth-order valence-corrected chi connectivity index (χ4v) is 5.08. The largest absolute Gasteiger partial charge is 0.486 e. The molecule has 0 aliphatic carbocycles. The summed E-state index contributed by atoms with van der Waals surface area (Å²) in [6.45, 7) is 6.66. The molecule has 1 saturated heterocycles. The summed E-state index contributed by atoms with van der Waals surface area (Å²) in [4.78, 5) is 7.51. The molecular weight excluding hydrogens is 422 g/mol. The summed E-state index contributed by atoms with van der Waals surface area (Å²) in [6.07, 6.45) is 2.51. The standard InChI is InChI=1S/C29H31N3O2/c1-21(22-7-3-2-4-8-22)34-25-12-11-23-13-15-31(18-24(23)17-25)20-29-30-27-9-5-6-10-28(27)32(29)19-26-14-16-33-26/h2-12,17,21,26H,13-16,18-20H2,1H3/t21?,26-/m0/s1. The maximum Gasteiger partial charge on any atom is 0.124 e. The zero-order valence-corrected chi connectivity index (χ0v) is 19.7. The molecule has 0 radical (unpaired) electrons. The van der Waals surface area contributed by atoms with Gasteiger partial charge in [0.25, 0.3) is 0 Å². The Morgan fingerprint density at radius 3 is 2.68 bits per heavy atom. The molecule has 0 spiro atoms. The van der Waals surface area contributed by atoms with Gasteiger partial charge in [0.15, 0.2) is 0 Å². The number of benzene rings is 3. The lowest BCUT2D eigenvalue weighted by molar-refractivity contribution is -0.0592. The van der Waals surface area contributed by atoms with Gasteiger partial charge in [0.1, 0.15) is 17.7 Å². The van der Waals surface area contributed by atoms with Crippen LogP contribution in [-0.4, -0.2) is 33.7 Å². The van der Waals surface area contributed by atoms with Crippen LogP contribution in [0.25, 0.3) is 11.0 Å². The lowest BCUT2D eigenvalue weighted by atomic mass is 9.99. The fourth-order valence-electron chi connectivity index (χ4n) is 5.08. The molecule has 1 fully saturated rings. The van der Waals surface area contributed by atoms with Gasteiger partial charge in [-0.2, -0.15) is 0 Å². The summed E-state index contributed by atoms with van der Waals surface area (Å²) in [5, 5.41) is 0. The molecule has 2 atom stereocenters. The second-order valence-corrected chi connectivity index (χ2v) is 9.47. The van der Waals surface area contributed by atoms with E-state index in [1.807, 2.05) is 6.07 Å². The number of para-hydroxylation sites is 2. The van der Waals surface area contributed by atoms with Crippen LogP contribution in [0.3, 0.4) is 0 Å². The summed E-state index contributed by atoms with van der Waals surface area (Å²) >= 11 is 0. The minimum atomic E-state index is 0.0209. The zero-order chi connectivity index (χ0) is 22.9. The molecule has 174 valence electrons. The van der Waals surface area contributed by atoms with Crippen molar-refractivity contribution in [2.75, 3.05) is 13.2 Å². The van der Waals surface area contributed by atoms with E-state index >= 15 is 0 Å². The van der Waals surface area contributed by atoms with Crippen LogP contribution in [0.4, 0.5) is 0 Å². The normalized spacial score (nSPS) is 18.9. The van der Waals surface area contributed by atoms with Crippen molar-refractivity contribution in [1.82, 2.24) is 14.5 Å². The molecule has 6 rings (SSSR count). The predicted molar refractivity (Wildman–Crippen MR) is 134 cm³/mol. The van der Waals surface area contributed by atoms with Gasteiger partial charge < -0.3 is 14.0 Å². The number of nitrogens with zero attached hydrogens (tertiary/aromatic N) is 3. The van der Waals surface area contributed by atoms with Crippen molar-refractivity contribution >= 4 is 11.0 Å². The van der Waals surface area contributed by atoms with Gasteiger partial charge in [-0.15, -0.1) is 0 Å². The van der Waals surface area contributed by atoms with Crippen LogP contribution < -0.4 is 4.74 Å². The number of hydrogen-bond donors (Lipinski definition) is 0. The second-order valence-electron chi connectivity index (χ2n) is 9.47. The van der Waals surface area contributed by atoms with Crippen LogP contribution in [-0.2, 0) is 30.8 Å². The number of rotatable bonds is 7. The first-order valence-corrected chi connectivity index (χ1v) is 12.3. The highest BCUT2D eigenvalue weighted by molar-refractivity contribution is 5.75. The van der Waals surface area contributed by atoms with Gasteiger partial charge in [-0.3, -0.25) is 4.90 Å². The summed E-state index contributed by atoms with van der Waals surface area (Å²) in [5.41, 5.74) is 6.24. The Morgan fingerprint density at radius 1 is 1.03 bits per heavy atom. The highest BCUT2D eigenvalue weighted by Crippen LogP contribution is 2.29. The van der Waals surface area contributed by atoms with Gasteiger partial charge in [0.2, 0.25) is 0 Å². The third-order valence-corrected chi connectivity index (χ3v) is 7.13. The molecule has 5 nitrogen and oxygen atoms in total. The van der Waals surface area contributed by atoms with Crippen molar-refractivity contribution in [1.29, 1.82) is 0 Å². The molecule has 4 aromatic rings. The predicted octanol–water partition coefficient (Wildman–Crippen LogP) is 5.52. The van der Waals surface area contributed by atoms with E-state index in [4.69, 9.17) is 14.5 Å². The molecule has 0 saturated carbocycles. The Hall–Kier alpha value is -3.15. The van der Waals surface area contributed by atoms with Crippen LogP contribution >= 0.6 is 0 Å². The van der Waals surface area contributed by atoms with Gasteiger partial charge >= 0.3 is 0 Å². The Labute approximate surface area is 200 Å². The maximum atomic E-state index is 6.29. The molecule has 2 aliphatic heterocycles. The average molecular weight is 454 g/mol.